The number of carbonyl (C=O) groups excluding carboxylic acids is 1. The minimum absolute atomic E-state index is 0. The smallest absolute Gasteiger partial charge is 0.274 e. The first-order valence-corrected chi connectivity index (χ1v) is 8.04. The standard InChI is InChI=1S/C16H26N4O.ClH/c1-12(16(2)7-8-16)19(3)15(21)14-6-10-20(18-14)13-5-4-9-17-11-13;/h6,10,12-13,17H,4-5,7-9,11H2,1-3H3;1H. The van der Waals surface area contributed by atoms with Crippen LogP contribution in [0.2, 0.25) is 0 Å². The molecule has 1 amide bonds. The van der Waals surface area contributed by atoms with Crippen LogP contribution >= 0.6 is 12.4 Å². The third-order valence-corrected chi connectivity index (χ3v) is 5.42. The van der Waals surface area contributed by atoms with E-state index in [-0.39, 0.29) is 24.4 Å². The molecule has 0 aromatic carbocycles. The zero-order chi connectivity index (χ0) is 15.0. The third kappa shape index (κ3) is 3.30. The summed E-state index contributed by atoms with van der Waals surface area (Å²) < 4.78 is 1.96. The van der Waals surface area contributed by atoms with Crippen molar-refractivity contribution < 1.29 is 4.79 Å². The molecule has 0 spiro atoms. The number of aromatic nitrogens is 2. The van der Waals surface area contributed by atoms with Gasteiger partial charge in [0.1, 0.15) is 5.69 Å². The van der Waals surface area contributed by atoms with Gasteiger partial charge in [0, 0.05) is 25.8 Å². The van der Waals surface area contributed by atoms with Crippen LogP contribution < -0.4 is 5.32 Å². The fourth-order valence-electron chi connectivity index (χ4n) is 3.15. The van der Waals surface area contributed by atoms with Gasteiger partial charge in [-0.1, -0.05) is 6.92 Å². The van der Waals surface area contributed by atoms with Gasteiger partial charge in [-0.15, -0.1) is 12.4 Å². The Kier molecular flexibility index (Phi) is 5.17. The fourth-order valence-corrected chi connectivity index (χ4v) is 3.15. The van der Waals surface area contributed by atoms with Crippen LogP contribution in [0.4, 0.5) is 0 Å². The van der Waals surface area contributed by atoms with E-state index in [0.29, 0.717) is 17.2 Å². The van der Waals surface area contributed by atoms with Crippen LogP contribution in [-0.4, -0.2) is 46.8 Å². The highest BCUT2D eigenvalue weighted by molar-refractivity contribution is 5.92. The van der Waals surface area contributed by atoms with Crippen molar-refractivity contribution in [3.8, 4) is 0 Å². The van der Waals surface area contributed by atoms with E-state index in [9.17, 15) is 4.79 Å². The summed E-state index contributed by atoms with van der Waals surface area (Å²) >= 11 is 0. The maximum atomic E-state index is 12.6. The molecule has 0 bridgehead atoms. The molecule has 1 aliphatic carbocycles. The van der Waals surface area contributed by atoms with E-state index in [1.807, 2.05) is 28.9 Å². The van der Waals surface area contributed by atoms with E-state index in [0.717, 1.165) is 19.5 Å². The highest BCUT2D eigenvalue weighted by atomic mass is 35.5. The molecule has 0 radical (unpaired) electrons. The molecule has 124 valence electrons. The lowest BCUT2D eigenvalue weighted by molar-refractivity contribution is 0.0677. The summed E-state index contributed by atoms with van der Waals surface area (Å²) in [7, 11) is 1.90. The molecule has 2 aliphatic rings. The number of hydrogen-bond acceptors (Lipinski definition) is 3. The molecular weight excluding hydrogens is 300 g/mol. The van der Waals surface area contributed by atoms with Crippen molar-refractivity contribution in [2.24, 2.45) is 5.41 Å². The Hall–Kier alpha value is -1.07. The van der Waals surface area contributed by atoms with Crippen LogP contribution in [0.25, 0.3) is 0 Å². The molecule has 2 unspecified atom stereocenters. The Balaban J connectivity index is 0.00000176. The van der Waals surface area contributed by atoms with Crippen LogP contribution in [0, 0.1) is 5.41 Å². The predicted molar refractivity (Wildman–Crippen MR) is 89.5 cm³/mol. The summed E-state index contributed by atoms with van der Waals surface area (Å²) in [5, 5.41) is 7.91. The number of carbonyl (C=O) groups is 1. The molecule has 1 aromatic heterocycles. The van der Waals surface area contributed by atoms with E-state index >= 15 is 0 Å². The number of halogens is 1. The zero-order valence-corrected chi connectivity index (χ0v) is 14.5. The number of rotatable bonds is 4. The predicted octanol–water partition coefficient (Wildman–Crippen LogP) is 2.49. The van der Waals surface area contributed by atoms with Gasteiger partial charge in [-0.05, 0) is 50.6 Å². The maximum absolute atomic E-state index is 12.6. The minimum atomic E-state index is 0. The van der Waals surface area contributed by atoms with Crippen molar-refractivity contribution in [2.45, 2.75) is 51.6 Å². The molecule has 22 heavy (non-hydrogen) atoms. The SMILES string of the molecule is CC(N(C)C(=O)c1ccn(C2CCCNC2)n1)C1(C)CC1.Cl. The van der Waals surface area contributed by atoms with Gasteiger partial charge in [0.2, 0.25) is 0 Å². The lowest BCUT2D eigenvalue weighted by Gasteiger charge is -2.29. The molecule has 3 rings (SSSR count). The summed E-state index contributed by atoms with van der Waals surface area (Å²) in [4.78, 5) is 14.5. The Morgan fingerprint density at radius 1 is 1.55 bits per heavy atom. The Bertz CT molecular complexity index is 520. The molecule has 1 saturated carbocycles. The van der Waals surface area contributed by atoms with E-state index in [1.54, 1.807) is 0 Å². The lowest BCUT2D eigenvalue weighted by Crippen LogP contribution is -2.40. The van der Waals surface area contributed by atoms with Gasteiger partial charge in [0.15, 0.2) is 0 Å². The second-order valence-corrected chi connectivity index (χ2v) is 6.93. The van der Waals surface area contributed by atoms with E-state index in [2.05, 4.69) is 24.3 Å². The lowest BCUT2D eigenvalue weighted by atomic mass is 9.99. The van der Waals surface area contributed by atoms with E-state index in [4.69, 9.17) is 0 Å². The topological polar surface area (TPSA) is 50.2 Å². The summed E-state index contributed by atoms with van der Waals surface area (Å²) in [6.45, 7) is 6.43. The van der Waals surface area contributed by atoms with Crippen LogP contribution in [0.15, 0.2) is 12.3 Å². The average molecular weight is 327 g/mol. The number of hydrogen-bond donors (Lipinski definition) is 1. The average Bonchev–Trinajstić information content (AvgIpc) is 3.08. The highest BCUT2D eigenvalue weighted by Gasteiger charge is 2.45. The molecule has 5 nitrogen and oxygen atoms in total. The molecule has 6 heteroatoms. The minimum Gasteiger partial charge on any atom is -0.337 e. The van der Waals surface area contributed by atoms with Gasteiger partial charge < -0.3 is 10.2 Å². The maximum Gasteiger partial charge on any atom is 0.274 e. The van der Waals surface area contributed by atoms with Crippen molar-refractivity contribution in [3.63, 3.8) is 0 Å². The van der Waals surface area contributed by atoms with Crippen LogP contribution in [0.1, 0.15) is 56.1 Å². The largest absolute Gasteiger partial charge is 0.337 e. The van der Waals surface area contributed by atoms with Crippen molar-refractivity contribution in [1.29, 1.82) is 0 Å². The summed E-state index contributed by atoms with van der Waals surface area (Å²) in [5.41, 5.74) is 0.874. The molecule has 1 aromatic rings. The number of amides is 1. The second-order valence-electron chi connectivity index (χ2n) is 6.93. The monoisotopic (exact) mass is 326 g/mol. The first-order chi connectivity index (χ1) is 10.0. The third-order valence-electron chi connectivity index (χ3n) is 5.42. The van der Waals surface area contributed by atoms with Crippen LogP contribution in [0.5, 0.6) is 0 Å². The Labute approximate surface area is 138 Å². The zero-order valence-electron chi connectivity index (χ0n) is 13.7. The quantitative estimate of drug-likeness (QED) is 0.925. The molecule has 1 N–H and O–H groups in total. The van der Waals surface area contributed by atoms with E-state index in [1.165, 1.54) is 19.3 Å². The molecular formula is C16H27ClN4O. The van der Waals surface area contributed by atoms with Gasteiger partial charge in [-0.3, -0.25) is 9.48 Å². The first kappa shape index (κ1) is 17.3. The van der Waals surface area contributed by atoms with Crippen molar-refractivity contribution >= 4 is 18.3 Å². The Morgan fingerprint density at radius 3 is 2.86 bits per heavy atom. The molecule has 2 heterocycles. The summed E-state index contributed by atoms with van der Waals surface area (Å²) in [5.74, 6) is 0.0399. The molecule has 1 saturated heterocycles. The van der Waals surface area contributed by atoms with Gasteiger partial charge in [-0.25, -0.2) is 0 Å². The molecule has 1 aliphatic heterocycles. The second kappa shape index (κ2) is 6.59. The highest BCUT2D eigenvalue weighted by Crippen LogP contribution is 2.49. The van der Waals surface area contributed by atoms with E-state index < -0.39 is 0 Å². The normalized spacial score (nSPS) is 24.2. The van der Waals surface area contributed by atoms with Crippen LogP contribution in [-0.2, 0) is 0 Å². The number of nitrogens with one attached hydrogen (secondary N) is 1. The Morgan fingerprint density at radius 2 is 2.27 bits per heavy atom. The summed E-state index contributed by atoms with van der Waals surface area (Å²) in [6.07, 6.45) is 6.68. The van der Waals surface area contributed by atoms with Gasteiger partial charge in [0.05, 0.1) is 6.04 Å². The van der Waals surface area contributed by atoms with Crippen LogP contribution in [0.3, 0.4) is 0 Å². The van der Waals surface area contributed by atoms with Gasteiger partial charge >= 0.3 is 0 Å². The molecule has 2 atom stereocenters. The fraction of sp³-hybridized carbons (Fsp3) is 0.750. The van der Waals surface area contributed by atoms with Gasteiger partial charge in [-0.2, -0.15) is 5.10 Å². The summed E-state index contributed by atoms with van der Waals surface area (Å²) in [6, 6.07) is 2.51. The van der Waals surface area contributed by atoms with Gasteiger partial charge in [0.25, 0.3) is 5.91 Å². The van der Waals surface area contributed by atoms with Crippen molar-refractivity contribution in [2.75, 3.05) is 20.1 Å². The van der Waals surface area contributed by atoms with Crippen molar-refractivity contribution in [3.05, 3.63) is 18.0 Å². The van der Waals surface area contributed by atoms with Crippen molar-refractivity contribution in [1.82, 2.24) is 20.0 Å². The number of piperidine rings is 1. The first-order valence-electron chi connectivity index (χ1n) is 8.04. The molecule has 2 fully saturated rings. The number of nitrogens with zero attached hydrogens (tertiary/aromatic N) is 3.